The summed E-state index contributed by atoms with van der Waals surface area (Å²) in [6, 6.07) is 6.48. The van der Waals surface area contributed by atoms with Crippen LogP contribution in [0.2, 0.25) is 0 Å². The maximum Gasteiger partial charge on any atom is 0.257 e. The normalized spacial score (nSPS) is 11.9. The van der Waals surface area contributed by atoms with Crippen molar-refractivity contribution in [3.8, 4) is 0 Å². The van der Waals surface area contributed by atoms with Crippen molar-refractivity contribution in [3.63, 3.8) is 0 Å². The third kappa shape index (κ3) is 3.25. The van der Waals surface area contributed by atoms with Gasteiger partial charge in [0.05, 0.1) is 16.1 Å². The number of benzene rings is 1. The fourth-order valence-corrected chi connectivity index (χ4v) is 2.06. The van der Waals surface area contributed by atoms with E-state index in [0.29, 0.717) is 5.56 Å². The van der Waals surface area contributed by atoms with Crippen LogP contribution in [0, 0.1) is 12.7 Å². The van der Waals surface area contributed by atoms with E-state index in [2.05, 4.69) is 10.3 Å². The van der Waals surface area contributed by atoms with E-state index >= 15 is 0 Å². The quantitative estimate of drug-likeness (QED) is 0.852. The molecule has 1 amide bonds. The Balaban J connectivity index is 2.28. The van der Waals surface area contributed by atoms with Gasteiger partial charge in [-0.2, -0.15) is 0 Å². The standard InChI is InChI=1S/C13H11FN2O3S/c1-8-2-3-9(7-15-8)13(17)16-11-5-4-10(14)6-12(11)20(18)19/h2-7H,1H3,(H,16,17)(H,18,19). The number of pyridine rings is 1. The number of hydrogen-bond donors (Lipinski definition) is 2. The van der Waals surface area contributed by atoms with Gasteiger partial charge in [0.2, 0.25) is 0 Å². The third-order valence-corrected chi connectivity index (χ3v) is 3.27. The molecular weight excluding hydrogens is 283 g/mol. The second-order valence-corrected chi connectivity index (χ2v) is 4.97. The molecule has 0 fully saturated rings. The van der Waals surface area contributed by atoms with Crippen LogP contribution in [0.5, 0.6) is 0 Å². The van der Waals surface area contributed by atoms with Gasteiger partial charge < -0.3 is 9.87 Å². The number of amides is 1. The summed E-state index contributed by atoms with van der Waals surface area (Å²) in [5.74, 6) is -1.15. The van der Waals surface area contributed by atoms with Gasteiger partial charge in [-0.3, -0.25) is 9.78 Å². The molecule has 1 heterocycles. The lowest BCUT2D eigenvalue weighted by atomic mass is 10.2. The zero-order valence-electron chi connectivity index (χ0n) is 10.5. The van der Waals surface area contributed by atoms with Crippen molar-refractivity contribution < 1.29 is 17.9 Å². The second-order valence-electron chi connectivity index (χ2n) is 4.03. The Labute approximate surface area is 117 Å². The summed E-state index contributed by atoms with van der Waals surface area (Å²) < 4.78 is 33.3. The number of anilines is 1. The number of hydrogen-bond acceptors (Lipinski definition) is 3. The van der Waals surface area contributed by atoms with Gasteiger partial charge >= 0.3 is 0 Å². The molecule has 0 aliphatic heterocycles. The first kappa shape index (κ1) is 14.3. The van der Waals surface area contributed by atoms with E-state index in [1.54, 1.807) is 19.1 Å². The highest BCUT2D eigenvalue weighted by Gasteiger charge is 2.13. The molecule has 0 saturated carbocycles. The van der Waals surface area contributed by atoms with Crippen molar-refractivity contribution in [2.75, 3.05) is 5.32 Å². The van der Waals surface area contributed by atoms with Gasteiger partial charge in [-0.05, 0) is 37.3 Å². The van der Waals surface area contributed by atoms with Crippen LogP contribution in [0.4, 0.5) is 10.1 Å². The van der Waals surface area contributed by atoms with Crippen LogP contribution in [0.15, 0.2) is 41.4 Å². The summed E-state index contributed by atoms with van der Waals surface area (Å²) >= 11 is -2.40. The fourth-order valence-electron chi connectivity index (χ4n) is 1.54. The molecule has 1 aromatic heterocycles. The molecule has 1 aromatic carbocycles. The number of aryl methyl sites for hydroxylation is 1. The van der Waals surface area contributed by atoms with Crippen LogP contribution in [-0.4, -0.2) is 19.7 Å². The molecule has 0 bridgehead atoms. The van der Waals surface area contributed by atoms with Crippen LogP contribution >= 0.6 is 0 Å². The summed E-state index contributed by atoms with van der Waals surface area (Å²) in [6.07, 6.45) is 1.39. The molecular formula is C13H11FN2O3S. The van der Waals surface area contributed by atoms with Crippen molar-refractivity contribution in [3.05, 3.63) is 53.6 Å². The lowest BCUT2D eigenvalue weighted by Gasteiger charge is -2.08. The van der Waals surface area contributed by atoms with Gasteiger partial charge in [0.15, 0.2) is 11.1 Å². The first-order valence-electron chi connectivity index (χ1n) is 5.62. The minimum atomic E-state index is -2.40. The Bertz CT molecular complexity index is 674. The fraction of sp³-hybridized carbons (Fsp3) is 0.0769. The Kier molecular flexibility index (Phi) is 4.21. The van der Waals surface area contributed by atoms with Gasteiger partial charge in [0, 0.05) is 11.9 Å². The van der Waals surface area contributed by atoms with E-state index in [-0.39, 0.29) is 10.6 Å². The predicted molar refractivity (Wildman–Crippen MR) is 72.4 cm³/mol. The molecule has 0 radical (unpaired) electrons. The molecule has 1 atom stereocenters. The molecule has 2 N–H and O–H groups in total. The Morgan fingerprint density at radius 1 is 1.35 bits per heavy atom. The molecule has 0 aliphatic rings. The van der Waals surface area contributed by atoms with Crippen molar-refractivity contribution in [1.82, 2.24) is 4.98 Å². The van der Waals surface area contributed by atoms with Crippen molar-refractivity contribution in [2.45, 2.75) is 11.8 Å². The SMILES string of the molecule is Cc1ccc(C(=O)Nc2ccc(F)cc2S(=O)O)cn1. The summed E-state index contributed by atoms with van der Waals surface area (Å²) in [5, 5.41) is 2.46. The predicted octanol–water partition coefficient (Wildman–Crippen LogP) is 2.36. The Morgan fingerprint density at radius 2 is 2.10 bits per heavy atom. The molecule has 2 rings (SSSR count). The van der Waals surface area contributed by atoms with Crippen LogP contribution < -0.4 is 5.32 Å². The topological polar surface area (TPSA) is 79.3 Å². The van der Waals surface area contributed by atoms with E-state index < -0.39 is 22.8 Å². The highest BCUT2D eigenvalue weighted by atomic mass is 32.2. The molecule has 7 heteroatoms. The third-order valence-electron chi connectivity index (χ3n) is 2.55. The Morgan fingerprint density at radius 3 is 2.70 bits per heavy atom. The second kappa shape index (κ2) is 5.89. The molecule has 20 heavy (non-hydrogen) atoms. The lowest BCUT2D eigenvalue weighted by molar-refractivity contribution is 0.102. The van der Waals surface area contributed by atoms with Crippen LogP contribution in [0.3, 0.4) is 0 Å². The van der Waals surface area contributed by atoms with Gasteiger partial charge in [0.1, 0.15) is 5.82 Å². The molecule has 0 saturated heterocycles. The average molecular weight is 294 g/mol. The monoisotopic (exact) mass is 294 g/mol. The number of carbonyl (C=O) groups excluding carboxylic acids is 1. The number of nitrogens with one attached hydrogen (secondary N) is 1. The summed E-state index contributed by atoms with van der Waals surface area (Å²) in [5.41, 5.74) is 1.15. The molecule has 104 valence electrons. The summed E-state index contributed by atoms with van der Waals surface area (Å²) in [7, 11) is 0. The van der Waals surface area contributed by atoms with Gasteiger partial charge in [-0.25, -0.2) is 8.60 Å². The molecule has 0 spiro atoms. The van der Waals surface area contributed by atoms with E-state index in [0.717, 1.165) is 17.8 Å². The highest BCUT2D eigenvalue weighted by molar-refractivity contribution is 7.79. The van der Waals surface area contributed by atoms with E-state index in [9.17, 15) is 13.4 Å². The first-order valence-corrected chi connectivity index (χ1v) is 6.72. The van der Waals surface area contributed by atoms with Gasteiger partial charge in [-0.15, -0.1) is 0 Å². The zero-order valence-corrected chi connectivity index (χ0v) is 11.3. The molecule has 5 nitrogen and oxygen atoms in total. The number of carbonyl (C=O) groups is 1. The van der Waals surface area contributed by atoms with Crippen LogP contribution in [0.1, 0.15) is 16.1 Å². The largest absolute Gasteiger partial charge is 0.321 e. The minimum absolute atomic E-state index is 0.0813. The van der Waals surface area contributed by atoms with E-state index in [1.165, 1.54) is 12.3 Å². The molecule has 0 aliphatic carbocycles. The van der Waals surface area contributed by atoms with E-state index in [4.69, 9.17) is 4.55 Å². The number of halogens is 1. The number of rotatable bonds is 3. The van der Waals surface area contributed by atoms with Crippen LogP contribution in [-0.2, 0) is 11.1 Å². The van der Waals surface area contributed by atoms with Gasteiger partial charge in [-0.1, -0.05) is 0 Å². The smallest absolute Gasteiger partial charge is 0.257 e. The first-order chi connectivity index (χ1) is 9.47. The van der Waals surface area contributed by atoms with Crippen molar-refractivity contribution >= 4 is 22.7 Å². The number of aromatic nitrogens is 1. The Hall–Kier alpha value is -2.12. The maximum atomic E-state index is 13.0. The van der Waals surface area contributed by atoms with Crippen molar-refractivity contribution in [1.29, 1.82) is 0 Å². The maximum absolute atomic E-state index is 13.0. The van der Waals surface area contributed by atoms with Crippen LogP contribution in [0.25, 0.3) is 0 Å². The van der Waals surface area contributed by atoms with Gasteiger partial charge in [0.25, 0.3) is 5.91 Å². The zero-order chi connectivity index (χ0) is 14.7. The minimum Gasteiger partial charge on any atom is -0.321 e. The van der Waals surface area contributed by atoms with E-state index in [1.807, 2.05) is 0 Å². The molecule has 2 aromatic rings. The highest BCUT2D eigenvalue weighted by Crippen LogP contribution is 2.20. The summed E-state index contributed by atoms with van der Waals surface area (Å²) in [6.45, 7) is 1.79. The summed E-state index contributed by atoms with van der Waals surface area (Å²) in [4.78, 5) is 15.7. The molecule has 1 unspecified atom stereocenters. The number of nitrogens with zero attached hydrogens (tertiary/aromatic N) is 1. The van der Waals surface area contributed by atoms with Crippen molar-refractivity contribution in [2.24, 2.45) is 0 Å². The average Bonchev–Trinajstić information content (AvgIpc) is 2.41. The lowest BCUT2D eigenvalue weighted by Crippen LogP contribution is -2.14.